The molecule has 2 heterocycles. The second-order valence-corrected chi connectivity index (χ2v) is 7.36. The van der Waals surface area contributed by atoms with E-state index in [1.807, 2.05) is 30.3 Å². The Kier molecular flexibility index (Phi) is 5.17. The van der Waals surface area contributed by atoms with E-state index in [9.17, 15) is 4.79 Å². The van der Waals surface area contributed by atoms with Crippen molar-refractivity contribution < 1.29 is 9.53 Å². The van der Waals surface area contributed by atoms with E-state index in [1.54, 1.807) is 23.7 Å². The largest absolute Gasteiger partial charge is 0.488 e. The van der Waals surface area contributed by atoms with Gasteiger partial charge in [0.2, 0.25) is 11.9 Å². The number of aromatic nitrogens is 3. The van der Waals surface area contributed by atoms with E-state index in [4.69, 9.17) is 33.7 Å². The summed E-state index contributed by atoms with van der Waals surface area (Å²) >= 11 is 12.2. The molecule has 1 aromatic heterocycles. The first-order chi connectivity index (χ1) is 14.0. The SMILES string of the molecule is CC1=C(C(N)=O)C(c2ccccc2OCc2ccc(Cl)cc2Cl)n2ncnc2N1. The van der Waals surface area contributed by atoms with Crippen molar-refractivity contribution in [3.8, 4) is 5.75 Å². The molecule has 0 radical (unpaired) electrons. The fourth-order valence-corrected chi connectivity index (χ4v) is 3.79. The number of anilines is 1. The number of ether oxygens (including phenoxy) is 1. The normalized spacial score (nSPS) is 15.6. The fraction of sp³-hybridized carbons (Fsp3) is 0.150. The number of benzene rings is 2. The van der Waals surface area contributed by atoms with E-state index in [0.717, 1.165) is 11.1 Å². The van der Waals surface area contributed by atoms with Gasteiger partial charge in [-0.3, -0.25) is 4.79 Å². The predicted molar refractivity (Wildman–Crippen MR) is 111 cm³/mol. The van der Waals surface area contributed by atoms with Crippen LogP contribution in [0.3, 0.4) is 0 Å². The van der Waals surface area contributed by atoms with E-state index in [-0.39, 0.29) is 6.61 Å². The van der Waals surface area contributed by atoms with E-state index in [2.05, 4.69) is 15.4 Å². The minimum absolute atomic E-state index is 0.233. The number of para-hydroxylation sites is 1. The lowest BCUT2D eigenvalue weighted by Gasteiger charge is -2.28. The summed E-state index contributed by atoms with van der Waals surface area (Å²) in [7, 11) is 0. The Morgan fingerprint density at radius 3 is 2.83 bits per heavy atom. The molecule has 0 saturated carbocycles. The van der Waals surface area contributed by atoms with Crippen molar-refractivity contribution in [2.75, 3.05) is 5.32 Å². The number of halogens is 2. The molecule has 29 heavy (non-hydrogen) atoms. The minimum atomic E-state index is -0.567. The van der Waals surface area contributed by atoms with Gasteiger partial charge in [-0.1, -0.05) is 47.5 Å². The zero-order valence-corrected chi connectivity index (χ0v) is 16.9. The molecule has 0 fully saturated rings. The molecule has 3 N–H and O–H groups in total. The van der Waals surface area contributed by atoms with E-state index < -0.39 is 11.9 Å². The van der Waals surface area contributed by atoms with Crippen molar-refractivity contribution in [1.29, 1.82) is 0 Å². The van der Waals surface area contributed by atoms with Gasteiger partial charge in [0.15, 0.2) is 0 Å². The molecule has 1 atom stereocenters. The van der Waals surface area contributed by atoms with Gasteiger partial charge >= 0.3 is 0 Å². The molecule has 0 saturated heterocycles. The number of nitrogens with two attached hydrogens (primary N) is 1. The number of fused-ring (bicyclic) bond motifs is 1. The highest BCUT2D eigenvalue weighted by molar-refractivity contribution is 6.35. The molecule has 148 valence electrons. The summed E-state index contributed by atoms with van der Waals surface area (Å²) in [5.74, 6) is 0.558. The number of hydrogen-bond acceptors (Lipinski definition) is 5. The predicted octanol–water partition coefficient (Wildman–Crippen LogP) is 3.94. The second-order valence-electron chi connectivity index (χ2n) is 6.52. The third kappa shape index (κ3) is 3.66. The van der Waals surface area contributed by atoms with Crippen LogP contribution in [0.1, 0.15) is 24.1 Å². The van der Waals surface area contributed by atoms with Crippen LogP contribution in [0.4, 0.5) is 5.95 Å². The third-order valence-electron chi connectivity index (χ3n) is 4.67. The minimum Gasteiger partial charge on any atom is -0.488 e. The summed E-state index contributed by atoms with van der Waals surface area (Å²) < 4.78 is 7.68. The Labute approximate surface area is 177 Å². The molecule has 3 aromatic rings. The topological polar surface area (TPSA) is 95.1 Å². The fourth-order valence-electron chi connectivity index (χ4n) is 3.33. The molecule has 7 nitrogen and oxygen atoms in total. The van der Waals surface area contributed by atoms with Gasteiger partial charge in [0.25, 0.3) is 0 Å². The number of hydrogen-bond donors (Lipinski definition) is 2. The molecule has 1 aliphatic heterocycles. The highest BCUT2D eigenvalue weighted by Gasteiger charge is 2.34. The van der Waals surface area contributed by atoms with Crippen molar-refractivity contribution in [2.24, 2.45) is 5.73 Å². The third-order valence-corrected chi connectivity index (χ3v) is 5.26. The number of carbonyl (C=O) groups is 1. The van der Waals surface area contributed by atoms with E-state index in [1.165, 1.54) is 6.33 Å². The maximum absolute atomic E-state index is 12.2. The van der Waals surface area contributed by atoms with Gasteiger partial charge in [-0.15, -0.1) is 0 Å². The number of rotatable bonds is 5. The van der Waals surface area contributed by atoms with Crippen molar-refractivity contribution in [3.63, 3.8) is 0 Å². The van der Waals surface area contributed by atoms with Crippen molar-refractivity contribution in [2.45, 2.75) is 19.6 Å². The lowest BCUT2D eigenvalue weighted by Crippen LogP contribution is -2.32. The number of amides is 1. The summed E-state index contributed by atoms with van der Waals surface area (Å²) in [5.41, 5.74) is 8.23. The molecule has 1 aliphatic rings. The number of nitrogens with zero attached hydrogens (tertiary/aromatic N) is 3. The first-order valence-corrected chi connectivity index (χ1v) is 9.54. The van der Waals surface area contributed by atoms with Gasteiger partial charge in [0.1, 0.15) is 24.7 Å². The maximum Gasteiger partial charge on any atom is 0.248 e. The Bertz CT molecular complexity index is 1130. The number of carbonyl (C=O) groups excluding carboxylic acids is 1. The van der Waals surface area contributed by atoms with E-state index >= 15 is 0 Å². The molecule has 0 spiro atoms. The second kappa shape index (κ2) is 7.77. The first-order valence-electron chi connectivity index (χ1n) is 8.78. The van der Waals surface area contributed by atoms with Crippen LogP contribution in [0.2, 0.25) is 10.0 Å². The summed E-state index contributed by atoms with van der Waals surface area (Å²) in [6.07, 6.45) is 1.42. The lowest BCUT2D eigenvalue weighted by atomic mass is 9.94. The summed E-state index contributed by atoms with van der Waals surface area (Å²) in [6.45, 7) is 2.01. The van der Waals surface area contributed by atoms with E-state index in [0.29, 0.717) is 33.0 Å². The van der Waals surface area contributed by atoms with Gasteiger partial charge in [-0.25, -0.2) is 4.68 Å². The molecule has 9 heteroatoms. The summed E-state index contributed by atoms with van der Waals surface area (Å²) in [4.78, 5) is 16.4. The Morgan fingerprint density at radius 2 is 2.07 bits per heavy atom. The van der Waals surface area contributed by atoms with Crippen LogP contribution in [0.25, 0.3) is 0 Å². The molecular formula is C20H17Cl2N5O2. The summed E-state index contributed by atoms with van der Waals surface area (Å²) in [5, 5.41) is 8.41. The zero-order chi connectivity index (χ0) is 20.5. The van der Waals surface area contributed by atoms with Crippen molar-refractivity contribution >= 4 is 35.1 Å². The van der Waals surface area contributed by atoms with Gasteiger partial charge in [0, 0.05) is 26.9 Å². The van der Waals surface area contributed by atoms with Crippen LogP contribution in [0.5, 0.6) is 5.75 Å². The average molecular weight is 430 g/mol. The Hall–Kier alpha value is -3.03. The molecular weight excluding hydrogens is 413 g/mol. The van der Waals surface area contributed by atoms with Gasteiger partial charge < -0.3 is 15.8 Å². The van der Waals surface area contributed by atoms with Crippen LogP contribution in [0, 0.1) is 0 Å². The number of primary amides is 1. The number of allylic oxidation sites excluding steroid dienone is 1. The molecule has 2 aromatic carbocycles. The molecule has 0 aliphatic carbocycles. The quantitative estimate of drug-likeness (QED) is 0.640. The highest BCUT2D eigenvalue weighted by Crippen LogP contribution is 2.38. The van der Waals surface area contributed by atoms with Gasteiger partial charge in [-0.2, -0.15) is 10.1 Å². The average Bonchev–Trinajstić information content (AvgIpc) is 3.14. The molecule has 1 unspecified atom stereocenters. The monoisotopic (exact) mass is 429 g/mol. The maximum atomic E-state index is 12.2. The van der Waals surface area contributed by atoms with Crippen molar-refractivity contribution in [3.05, 3.63) is 81.2 Å². The van der Waals surface area contributed by atoms with Crippen molar-refractivity contribution in [1.82, 2.24) is 14.8 Å². The summed E-state index contributed by atoms with van der Waals surface area (Å²) in [6, 6.07) is 12.1. The first kappa shape index (κ1) is 19.3. The van der Waals surface area contributed by atoms with Gasteiger partial charge in [0.05, 0.1) is 5.57 Å². The lowest BCUT2D eigenvalue weighted by molar-refractivity contribution is -0.115. The van der Waals surface area contributed by atoms with Crippen LogP contribution in [-0.4, -0.2) is 20.7 Å². The smallest absolute Gasteiger partial charge is 0.248 e. The molecule has 0 bridgehead atoms. The number of nitrogens with one attached hydrogen (secondary N) is 1. The molecule has 4 rings (SSSR count). The Morgan fingerprint density at radius 1 is 1.28 bits per heavy atom. The standard InChI is InChI=1S/C20H17Cl2N5O2/c1-11-17(19(23)28)18(27-20(26-11)24-10-25-27)14-4-2-3-5-16(14)29-9-12-6-7-13(21)8-15(12)22/h2-8,10,18H,9H2,1H3,(H2,23,28)(H,24,25,26). The molecule has 1 amide bonds. The highest BCUT2D eigenvalue weighted by atomic mass is 35.5. The van der Waals surface area contributed by atoms with Crippen LogP contribution in [-0.2, 0) is 11.4 Å². The van der Waals surface area contributed by atoms with Crippen LogP contribution >= 0.6 is 23.2 Å². The van der Waals surface area contributed by atoms with Gasteiger partial charge in [-0.05, 0) is 25.1 Å². The Balaban J connectivity index is 1.73. The van der Waals surface area contributed by atoms with Crippen LogP contribution in [0.15, 0.2) is 60.1 Å². The zero-order valence-electron chi connectivity index (χ0n) is 15.4. The van der Waals surface area contributed by atoms with Crippen LogP contribution < -0.4 is 15.8 Å².